The first-order chi connectivity index (χ1) is 10.6. The Hall–Kier alpha value is -2.22. The number of hydrogen-bond donors (Lipinski definition) is 1. The normalized spacial score (nSPS) is 13.3. The maximum atomic E-state index is 12.4. The van der Waals surface area contributed by atoms with Gasteiger partial charge in [0.2, 0.25) is 10.0 Å². The van der Waals surface area contributed by atoms with E-state index in [0.29, 0.717) is 16.7 Å². The molecule has 114 valence electrons. The molecule has 7 heteroatoms. The van der Waals surface area contributed by atoms with Gasteiger partial charge in [-0.1, -0.05) is 35.5 Å². The van der Waals surface area contributed by atoms with Gasteiger partial charge in [0.1, 0.15) is 5.69 Å². The highest BCUT2D eigenvalue weighted by Crippen LogP contribution is 2.25. The van der Waals surface area contributed by atoms with E-state index in [4.69, 9.17) is 9.26 Å². The van der Waals surface area contributed by atoms with Gasteiger partial charge in [-0.2, -0.15) is 4.72 Å². The fraction of sp³-hybridized carbons (Fsp3) is 0.133. The van der Waals surface area contributed by atoms with Crippen molar-refractivity contribution in [2.45, 2.75) is 11.1 Å². The van der Waals surface area contributed by atoms with Crippen molar-refractivity contribution in [3.05, 3.63) is 60.3 Å². The third kappa shape index (κ3) is 2.74. The first-order valence-electron chi connectivity index (χ1n) is 6.56. The minimum absolute atomic E-state index is 0.157. The van der Waals surface area contributed by atoms with Crippen LogP contribution >= 0.6 is 0 Å². The van der Waals surface area contributed by atoms with Crippen LogP contribution in [0.25, 0.3) is 11.0 Å². The summed E-state index contributed by atoms with van der Waals surface area (Å²) in [5.41, 5.74) is 0.955. The van der Waals surface area contributed by atoms with Crippen LogP contribution in [0.3, 0.4) is 0 Å². The Labute approximate surface area is 127 Å². The number of nitrogens with one attached hydrogen (secondary N) is 1. The van der Waals surface area contributed by atoms with E-state index in [1.807, 2.05) is 12.1 Å². The minimum atomic E-state index is -3.72. The molecule has 3 aromatic rings. The molecule has 3 rings (SSSR count). The molecule has 0 radical (unpaired) electrons. The van der Waals surface area contributed by atoms with Crippen molar-refractivity contribution < 1.29 is 17.7 Å². The standard InChI is InChI=1S/C15H14N2O4S/c1-20-15(14-12-9-5-6-10-13(12)21-16-14)17-22(18,19)11-7-3-2-4-8-11/h2-10,15,17H,1H3. The van der Waals surface area contributed by atoms with Gasteiger partial charge < -0.3 is 9.26 Å². The molecule has 6 nitrogen and oxygen atoms in total. The third-order valence-electron chi connectivity index (χ3n) is 3.21. The van der Waals surface area contributed by atoms with Gasteiger partial charge in [0.15, 0.2) is 11.8 Å². The number of fused-ring (bicyclic) bond motifs is 1. The minimum Gasteiger partial charge on any atom is -0.359 e. The molecular weight excluding hydrogens is 304 g/mol. The molecule has 1 unspecified atom stereocenters. The summed E-state index contributed by atoms with van der Waals surface area (Å²) in [6, 6.07) is 15.3. The van der Waals surface area contributed by atoms with E-state index in [0.717, 1.165) is 0 Å². The van der Waals surface area contributed by atoms with E-state index < -0.39 is 16.3 Å². The topological polar surface area (TPSA) is 81.4 Å². The van der Waals surface area contributed by atoms with E-state index in [1.165, 1.54) is 19.2 Å². The maximum Gasteiger partial charge on any atom is 0.243 e. The van der Waals surface area contributed by atoms with E-state index in [1.54, 1.807) is 30.3 Å². The second-order valence-corrected chi connectivity index (χ2v) is 6.33. The van der Waals surface area contributed by atoms with Crippen LogP contribution in [0, 0.1) is 0 Å². The van der Waals surface area contributed by atoms with Gasteiger partial charge in [0.25, 0.3) is 0 Å². The Morgan fingerprint density at radius 2 is 1.77 bits per heavy atom. The Bertz CT molecular complexity index is 875. The first-order valence-corrected chi connectivity index (χ1v) is 8.04. The molecule has 2 aromatic carbocycles. The molecule has 0 aliphatic rings. The van der Waals surface area contributed by atoms with Crippen molar-refractivity contribution in [1.29, 1.82) is 0 Å². The summed E-state index contributed by atoms with van der Waals surface area (Å²) in [5, 5.41) is 4.62. The Morgan fingerprint density at radius 1 is 1.09 bits per heavy atom. The van der Waals surface area contributed by atoms with Gasteiger partial charge in [-0.25, -0.2) is 8.42 Å². The number of nitrogens with zero attached hydrogens (tertiary/aromatic N) is 1. The van der Waals surface area contributed by atoms with Gasteiger partial charge in [0, 0.05) is 12.5 Å². The second kappa shape index (κ2) is 5.88. The number of hydrogen-bond acceptors (Lipinski definition) is 5. The lowest BCUT2D eigenvalue weighted by Crippen LogP contribution is -2.30. The smallest absolute Gasteiger partial charge is 0.243 e. The largest absolute Gasteiger partial charge is 0.359 e. The summed E-state index contributed by atoms with van der Waals surface area (Å²) in [6.45, 7) is 0. The number of methoxy groups -OCH3 is 1. The van der Waals surface area contributed by atoms with Crippen molar-refractivity contribution in [3.8, 4) is 0 Å². The molecular formula is C15H14N2O4S. The van der Waals surface area contributed by atoms with Crippen LogP contribution in [0.1, 0.15) is 11.9 Å². The predicted octanol–water partition coefficient (Wildman–Crippen LogP) is 2.45. The number of ether oxygens (including phenoxy) is 1. The van der Waals surface area contributed by atoms with Crippen LogP contribution in [-0.2, 0) is 14.8 Å². The Balaban J connectivity index is 1.96. The van der Waals surface area contributed by atoms with E-state index in [9.17, 15) is 8.42 Å². The number of benzene rings is 2. The second-order valence-electron chi connectivity index (χ2n) is 4.61. The first kappa shape index (κ1) is 14.7. The Kier molecular flexibility index (Phi) is 3.93. The molecule has 0 fully saturated rings. The third-order valence-corrected chi connectivity index (χ3v) is 4.62. The van der Waals surface area contributed by atoms with Gasteiger partial charge >= 0.3 is 0 Å². The van der Waals surface area contributed by atoms with Crippen LogP contribution in [0.2, 0.25) is 0 Å². The molecule has 1 aromatic heterocycles. The summed E-state index contributed by atoms with van der Waals surface area (Å²) in [5.74, 6) is 0. The van der Waals surface area contributed by atoms with Crippen molar-refractivity contribution in [3.63, 3.8) is 0 Å². The van der Waals surface area contributed by atoms with Gasteiger partial charge in [0.05, 0.1) is 4.90 Å². The molecule has 22 heavy (non-hydrogen) atoms. The van der Waals surface area contributed by atoms with Gasteiger partial charge in [-0.15, -0.1) is 0 Å². The summed E-state index contributed by atoms with van der Waals surface area (Å²) in [4.78, 5) is 0.157. The molecule has 1 atom stereocenters. The number of aromatic nitrogens is 1. The highest BCUT2D eigenvalue weighted by Gasteiger charge is 2.25. The molecule has 0 bridgehead atoms. The lowest BCUT2D eigenvalue weighted by Gasteiger charge is -2.15. The van der Waals surface area contributed by atoms with Crippen molar-refractivity contribution in [2.24, 2.45) is 0 Å². The zero-order valence-corrected chi connectivity index (χ0v) is 12.6. The van der Waals surface area contributed by atoms with Crippen LogP contribution < -0.4 is 4.72 Å². The summed E-state index contributed by atoms with van der Waals surface area (Å²) >= 11 is 0. The van der Waals surface area contributed by atoms with Crippen molar-refractivity contribution in [1.82, 2.24) is 9.88 Å². The van der Waals surface area contributed by atoms with E-state index >= 15 is 0 Å². The lowest BCUT2D eigenvalue weighted by atomic mass is 10.2. The highest BCUT2D eigenvalue weighted by atomic mass is 32.2. The van der Waals surface area contributed by atoms with Crippen LogP contribution in [0.15, 0.2) is 64.0 Å². The lowest BCUT2D eigenvalue weighted by molar-refractivity contribution is 0.0886. The molecule has 0 spiro atoms. The van der Waals surface area contributed by atoms with Crippen molar-refractivity contribution in [2.75, 3.05) is 7.11 Å². The number of sulfonamides is 1. The average molecular weight is 318 g/mol. The molecule has 0 saturated carbocycles. The summed E-state index contributed by atoms with van der Waals surface area (Å²) < 4.78 is 37.7. The molecule has 0 amide bonds. The van der Waals surface area contributed by atoms with Crippen LogP contribution in [0.4, 0.5) is 0 Å². The Morgan fingerprint density at radius 3 is 2.50 bits per heavy atom. The zero-order chi connectivity index (χ0) is 15.6. The SMILES string of the molecule is COC(NS(=O)(=O)c1ccccc1)c1noc2ccccc12. The summed E-state index contributed by atoms with van der Waals surface area (Å²) in [7, 11) is -2.32. The van der Waals surface area contributed by atoms with Gasteiger partial charge in [-0.05, 0) is 24.3 Å². The van der Waals surface area contributed by atoms with Crippen LogP contribution in [0.5, 0.6) is 0 Å². The average Bonchev–Trinajstić information content (AvgIpc) is 2.97. The summed E-state index contributed by atoms with van der Waals surface area (Å²) in [6.07, 6.45) is -0.936. The molecule has 0 aliphatic heterocycles. The molecule has 1 heterocycles. The quantitative estimate of drug-likeness (QED) is 0.731. The number of para-hydroxylation sites is 1. The predicted molar refractivity (Wildman–Crippen MR) is 80.5 cm³/mol. The molecule has 0 aliphatic carbocycles. The van der Waals surface area contributed by atoms with Crippen molar-refractivity contribution >= 4 is 21.0 Å². The van der Waals surface area contributed by atoms with E-state index in [2.05, 4.69) is 9.88 Å². The van der Waals surface area contributed by atoms with E-state index in [-0.39, 0.29) is 4.90 Å². The maximum absolute atomic E-state index is 12.4. The molecule has 0 saturated heterocycles. The fourth-order valence-electron chi connectivity index (χ4n) is 2.12. The molecule has 1 N–H and O–H groups in total. The zero-order valence-electron chi connectivity index (χ0n) is 11.8. The highest BCUT2D eigenvalue weighted by molar-refractivity contribution is 7.89. The fourth-order valence-corrected chi connectivity index (χ4v) is 3.26. The monoisotopic (exact) mass is 318 g/mol. The van der Waals surface area contributed by atoms with Gasteiger partial charge in [-0.3, -0.25) is 0 Å². The van der Waals surface area contributed by atoms with Crippen LogP contribution in [-0.4, -0.2) is 20.7 Å². The number of rotatable bonds is 5.